The molecule has 20 nitrogen and oxygen atoms in total. The first-order chi connectivity index (χ1) is 22.0. The summed E-state index contributed by atoms with van der Waals surface area (Å²) in [5.41, 5.74) is 4.96. The third-order valence-corrected chi connectivity index (χ3v) is 7.08. The number of carbonyl (C=O) groups is 8. The number of carboxylic acid groups (broad SMARTS) is 2. The van der Waals surface area contributed by atoms with E-state index in [1.165, 1.54) is 19.0 Å². The molecule has 296 valence electrons. The predicted octanol–water partition coefficient (Wildman–Crippen LogP) is -2.71. The zero-order chi connectivity index (χ0) is 37.1. The maximum absolute atomic E-state index is 11.2. The number of Topliss-reactive ketones (excluding diaryl/α,β-unsaturated/α-hetero) is 2. The molecule has 4 atom stereocenters. The van der Waals surface area contributed by atoms with Gasteiger partial charge in [-0.15, -0.1) is 0 Å². The number of ketones is 2. The van der Waals surface area contributed by atoms with Crippen molar-refractivity contribution in [1.29, 1.82) is 0 Å². The molecule has 20 heteroatoms. The van der Waals surface area contributed by atoms with Crippen molar-refractivity contribution in [3.05, 3.63) is 0 Å². The topological polar surface area (TPSA) is 364 Å². The van der Waals surface area contributed by atoms with Crippen LogP contribution in [0.5, 0.6) is 0 Å². The first-order valence-corrected chi connectivity index (χ1v) is 15.5. The van der Waals surface area contributed by atoms with Gasteiger partial charge in [0.25, 0.3) is 0 Å². The second-order valence-electron chi connectivity index (χ2n) is 10.3. The molecule has 1 aliphatic rings. The van der Waals surface area contributed by atoms with Gasteiger partial charge in [0.15, 0.2) is 0 Å². The van der Waals surface area contributed by atoms with E-state index in [4.69, 9.17) is 15.9 Å². The van der Waals surface area contributed by atoms with E-state index in [1.54, 1.807) is 42.0 Å². The Morgan fingerprint density at radius 1 is 0.780 bits per heavy atom. The number of likely N-dealkylation sites (N-methyl/N-ethyl adjacent to an activating group) is 5. The minimum Gasteiger partial charge on any atom is -0.481 e. The maximum Gasteiger partial charge on any atom is 0.320 e. The number of imide groups is 1. The van der Waals surface area contributed by atoms with Crippen LogP contribution in [0.3, 0.4) is 0 Å². The van der Waals surface area contributed by atoms with Crippen molar-refractivity contribution in [1.82, 2.24) is 37.6 Å². The number of likely N-dealkylation sites (tertiary alicyclic amines) is 1. The molecule has 4 amide bonds. The van der Waals surface area contributed by atoms with E-state index >= 15 is 0 Å². The van der Waals surface area contributed by atoms with Gasteiger partial charge in [-0.2, -0.15) is 0 Å². The predicted molar refractivity (Wildman–Crippen MR) is 187 cm³/mol. The van der Waals surface area contributed by atoms with E-state index in [2.05, 4.69) is 26.6 Å². The number of primary amides is 1. The highest BCUT2D eigenvalue weighted by Crippen LogP contribution is 2.10. The number of rotatable bonds is 18. The average molecular weight is 729 g/mol. The summed E-state index contributed by atoms with van der Waals surface area (Å²) in [6.45, 7) is 3.57. The SMILES string of the molecule is CCC(=O)C(CCC(=O)O)NC.CCC(=O)C(CCC(N)=O)NC.CNC(=O)CCC(NC)C(=O)O.CNC1CCC(=O)N(C)C1=O.N.O.O. The zero-order valence-corrected chi connectivity index (χ0v) is 30.8. The Balaban J connectivity index is -0.000000127. The van der Waals surface area contributed by atoms with Gasteiger partial charge < -0.3 is 59.6 Å². The molecule has 0 radical (unpaired) electrons. The Bertz CT molecular complexity index is 978. The molecule has 0 aliphatic carbocycles. The lowest BCUT2D eigenvalue weighted by Crippen LogP contribution is -2.50. The summed E-state index contributed by atoms with van der Waals surface area (Å²) in [4.78, 5) is 87.3. The van der Waals surface area contributed by atoms with E-state index < -0.39 is 18.0 Å². The van der Waals surface area contributed by atoms with Gasteiger partial charge in [0.05, 0.1) is 18.1 Å². The molecule has 50 heavy (non-hydrogen) atoms. The molecule has 0 spiro atoms. The molecule has 1 heterocycles. The monoisotopic (exact) mass is 728 g/mol. The highest BCUT2D eigenvalue weighted by molar-refractivity contribution is 6.00. The smallest absolute Gasteiger partial charge is 0.320 e. The number of piperidine rings is 1. The number of nitrogens with two attached hydrogens (primary N) is 1. The molecule has 1 saturated heterocycles. The zero-order valence-electron chi connectivity index (χ0n) is 30.8. The van der Waals surface area contributed by atoms with Gasteiger partial charge in [0.1, 0.15) is 17.6 Å². The van der Waals surface area contributed by atoms with Gasteiger partial charge in [-0.3, -0.25) is 43.3 Å². The summed E-state index contributed by atoms with van der Waals surface area (Å²) < 4.78 is 0. The van der Waals surface area contributed by atoms with Gasteiger partial charge >= 0.3 is 11.9 Å². The first-order valence-electron chi connectivity index (χ1n) is 15.5. The highest BCUT2D eigenvalue weighted by Gasteiger charge is 2.30. The van der Waals surface area contributed by atoms with Crippen molar-refractivity contribution >= 4 is 47.1 Å². The van der Waals surface area contributed by atoms with Crippen molar-refractivity contribution in [3.63, 3.8) is 0 Å². The largest absolute Gasteiger partial charge is 0.481 e. The maximum atomic E-state index is 11.2. The van der Waals surface area contributed by atoms with E-state index in [1.807, 2.05) is 0 Å². The van der Waals surface area contributed by atoms with Crippen LogP contribution in [0.25, 0.3) is 0 Å². The van der Waals surface area contributed by atoms with Crippen LogP contribution >= 0.6 is 0 Å². The average Bonchev–Trinajstić information content (AvgIpc) is 3.04. The quantitative estimate of drug-likeness (QED) is 0.0648. The second kappa shape index (κ2) is 34.9. The molecular formula is C30H64N8O12. The lowest BCUT2D eigenvalue weighted by atomic mass is 10.1. The lowest BCUT2D eigenvalue weighted by molar-refractivity contribution is -0.148. The Hall–Kier alpha value is -3.92. The van der Waals surface area contributed by atoms with Crippen LogP contribution in [-0.4, -0.2) is 140 Å². The van der Waals surface area contributed by atoms with Crippen molar-refractivity contribution in [2.75, 3.05) is 42.3 Å². The van der Waals surface area contributed by atoms with Gasteiger partial charge in [-0.25, -0.2) is 0 Å². The summed E-state index contributed by atoms with van der Waals surface area (Å²) >= 11 is 0. The van der Waals surface area contributed by atoms with Crippen LogP contribution in [-0.2, 0) is 38.4 Å². The summed E-state index contributed by atoms with van der Waals surface area (Å²) in [6.07, 6.45) is 3.74. The van der Waals surface area contributed by atoms with E-state index in [9.17, 15) is 38.4 Å². The number of aliphatic carboxylic acids is 2. The van der Waals surface area contributed by atoms with Crippen LogP contribution < -0.4 is 38.5 Å². The third kappa shape index (κ3) is 28.0. The number of nitrogens with zero attached hydrogens (tertiary/aromatic N) is 1. The Labute approximate surface area is 294 Å². The molecule has 1 fully saturated rings. The molecular weight excluding hydrogens is 664 g/mol. The third-order valence-electron chi connectivity index (χ3n) is 7.08. The molecule has 0 aromatic heterocycles. The Kier molecular flexibility index (Phi) is 40.7. The fourth-order valence-electron chi connectivity index (χ4n) is 3.96. The number of hydrogen-bond donors (Lipinski definition) is 9. The van der Waals surface area contributed by atoms with Crippen LogP contribution in [0.4, 0.5) is 0 Å². The van der Waals surface area contributed by atoms with E-state index in [0.29, 0.717) is 44.9 Å². The van der Waals surface area contributed by atoms with Gasteiger partial charge in [0.2, 0.25) is 23.6 Å². The first kappa shape index (κ1) is 58.3. The van der Waals surface area contributed by atoms with Crippen LogP contribution in [0.1, 0.15) is 78.1 Å². The number of nitrogens with one attached hydrogen (secondary N) is 5. The normalized spacial score (nSPS) is 14.6. The number of carboxylic acids is 2. The molecule has 16 N–H and O–H groups in total. The van der Waals surface area contributed by atoms with Crippen molar-refractivity contribution in [2.45, 2.75) is 102 Å². The Morgan fingerprint density at radius 2 is 1.20 bits per heavy atom. The number of amides is 4. The molecule has 0 aromatic carbocycles. The lowest BCUT2D eigenvalue weighted by Gasteiger charge is -2.26. The van der Waals surface area contributed by atoms with Crippen molar-refractivity contribution < 1.29 is 59.5 Å². The highest BCUT2D eigenvalue weighted by atomic mass is 16.4. The van der Waals surface area contributed by atoms with Crippen LogP contribution in [0.2, 0.25) is 0 Å². The minimum absolute atomic E-state index is 0. The molecule has 4 unspecified atom stereocenters. The molecule has 0 aromatic rings. The van der Waals surface area contributed by atoms with E-state index in [-0.39, 0.29) is 89.7 Å². The molecule has 0 bridgehead atoms. The second-order valence-corrected chi connectivity index (χ2v) is 10.3. The summed E-state index contributed by atoms with van der Waals surface area (Å²) in [6, 6.07) is -1.33. The summed E-state index contributed by atoms with van der Waals surface area (Å²) in [5.74, 6) is -2.31. The Morgan fingerprint density at radius 3 is 1.52 bits per heavy atom. The van der Waals surface area contributed by atoms with Gasteiger partial charge in [-0.1, -0.05) is 13.8 Å². The fourth-order valence-corrected chi connectivity index (χ4v) is 3.96. The van der Waals surface area contributed by atoms with Crippen molar-refractivity contribution in [3.8, 4) is 0 Å². The summed E-state index contributed by atoms with van der Waals surface area (Å²) in [7, 11) is 9.71. The van der Waals surface area contributed by atoms with E-state index in [0.717, 1.165) is 0 Å². The fraction of sp³-hybridized carbons (Fsp3) is 0.733. The molecule has 1 aliphatic heterocycles. The standard InChI is InChI=1S/C8H16N2O2.C8H15NO3.C7H14N2O3.C7H12N2O2.H3N.2H2O/c1-3-7(11)6(10-2)4-5-8(9)12;1-3-7(10)6(9-2)4-5-8(11)12;1-8-5(7(11)12)3-4-6(10)9-2;1-8-5-3-4-6(10)9(2)7(5)11;;;/h6,10H,3-5H2,1-2H3,(H2,9,12);6,9H,3-5H2,1-2H3,(H,11,12);5,8H,3-4H2,1-2H3,(H,9,10)(H,11,12);5,8H,3-4H2,1-2H3;1H3;2*1H2. The molecule has 1 rings (SSSR count). The van der Waals surface area contributed by atoms with Gasteiger partial charge in [-0.05, 0) is 53.9 Å². The number of hydrogen-bond acceptors (Lipinski definition) is 13. The molecule has 0 saturated carbocycles. The van der Waals surface area contributed by atoms with Crippen LogP contribution in [0.15, 0.2) is 0 Å². The number of carbonyl (C=O) groups excluding carboxylic acids is 6. The van der Waals surface area contributed by atoms with Gasteiger partial charge in [0, 0.05) is 52.6 Å². The summed E-state index contributed by atoms with van der Waals surface area (Å²) in [5, 5.41) is 30.5. The minimum atomic E-state index is -0.929. The van der Waals surface area contributed by atoms with Crippen LogP contribution in [0, 0.1) is 0 Å². The van der Waals surface area contributed by atoms with Crippen molar-refractivity contribution in [2.24, 2.45) is 5.73 Å².